The second-order valence-corrected chi connectivity index (χ2v) is 3.69. The number of amides is 1. The van der Waals surface area contributed by atoms with Gasteiger partial charge in [0.15, 0.2) is 0 Å². The molecule has 2 rings (SSSR count). The van der Waals surface area contributed by atoms with E-state index in [9.17, 15) is 4.79 Å². The van der Waals surface area contributed by atoms with Crippen LogP contribution in [0.1, 0.15) is 25.7 Å². The van der Waals surface area contributed by atoms with Crippen LogP contribution in [-0.4, -0.2) is 31.5 Å². The molecule has 0 aromatic heterocycles. The van der Waals surface area contributed by atoms with Crippen molar-refractivity contribution in [2.75, 3.05) is 13.2 Å². The number of hydrogen-bond acceptors (Lipinski definition) is 3. The van der Waals surface area contributed by atoms with Gasteiger partial charge >= 0.3 is 6.09 Å². The first-order valence-corrected chi connectivity index (χ1v) is 4.89. The molecular formula is C9H15NO3. The molecule has 0 unspecified atom stereocenters. The van der Waals surface area contributed by atoms with Crippen LogP contribution in [0.3, 0.4) is 0 Å². The Morgan fingerprint density at radius 3 is 2.54 bits per heavy atom. The van der Waals surface area contributed by atoms with Crippen LogP contribution in [0.4, 0.5) is 4.79 Å². The maximum atomic E-state index is 11.2. The van der Waals surface area contributed by atoms with Gasteiger partial charge in [0.2, 0.25) is 0 Å². The zero-order chi connectivity index (χ0) is 9.10. The van der Waals surface area contributed by atoms with E-state index in [0.717, 1.165) is 12.8 Å². The highest BCUT2D eigenvalue weighted by atomic mass is 16.6. The molecule has 1 saturated carbocycles. The van der Waals surface area contributed by atoms with E-state index in [-0.39, 0.29) is 18.2 Å². The Kier molecular flexibility index (Phi) is 2.68. The molecule has 0 atom stereocenters. The van der Waals surface area contributed by atoms with Gasteiger partial charge in [-0.3, -0.25) is 0 Å². The normalized spacial score (nSPS) is 24.0. The summed E-state index contributed by atoms with van der Waals surface area (Å²) in [6, 6.07) is 0.175. The minimum absolute atomic E-state index is 0.154. The summed E-state index contributed by atoms with van der Waals surface area (Å²) in [7, 11) is 0. The van der Waals surface area contributed by atoms with E-state index in [1.54, 1.807) is 0 Å². The van der Waals surface area contributed by atoms with Crippen LogP contribution in [0.25, 0.3) is 0 Å². The number of ether oxygens (including phenoxy) is 2. The highest BCUT2D eigenvalue weighted by molar-refractivity contribution is 5.68. The minimum Gasteiger partial charge on any atom is -0.446 e. The zero-order valence-electron chi connectivity index (χ0n) is 7.62. The Balaban J connectivity index is 1.64. The Bertz CT molecular complexity index is 185. The summed E-state index contributed by atoms with van der Waals surface area (Å²) in [5, 5.41) is 2.76. The maximum Gasteiger partial charge on any atom is 0.407 e. The van der Waals surface area contributed by atoms with Gasteiger partial charge in [0.1, 0.15) is 6.10 Å². The molecule has 0 spiro atoms. The lowest BCUT2D eigenvalue weighted by atomic mass is 10.3. The maximum absolute atomic E-state index is 11.2. The fourth-order valence-corrected chi connectivity index (χ4v) is 1.68. The third-order valence-electron chi connectivity index (χ3n) is 2.54. The SMILES string of the molecule is O=C(NC1COC1)OC1CCCC1. The van der Waals surface area contributed by atoms with Crippen LogP contribution in [0, 0.1) is 0 Å². The van der Waals surface area contributed by atoms with Gasteiger partial charge in [0.25, 0.3) is 0 Å². The van der Waals surface area contributed by atoms with Gasteiger partial charge in [-0.25, -0.2) is 4.79 Å². The monoisotopic (exact) mass is 185 g/mol. The van der Waals surface area contributed by atoms with Gasteiger partial charge in [-0.05, 0) is 25.7 Å². The molecule has 2 aliphatic rings. The molecule has 0 radical (unpaired) electrons. The predicted molar refractivity (Wildman–Crippen MR) is 46.5 cm³/mol. The lowest BCUT2D eigenvalue weighted by molar-refractivity contribution is -0.00827. The van der Waals surface area contributed by atoms with E-state index in [1.807, 2.05) is 0 Å². The molecule has 1 heterocycles. The molecular weight excluding hydrogens is 170 g/mol. The van der Waals surface area contributed by atoms with Crippen molar-refractivity contribution >= 4 is 6.09 Å². The summed E-state index contributed by atoms with van der Waals surface area (Å²) in [5.74, 6) is 0. The van der Waals surface area contributed by atoms with Crippen molar-refractivity contribution < 1.29 is 14.3 Å². The van der Waals surface area contributed by atoms with E-state index >= 15 is 0 Å². The van der Waals surface area contributed by atoms with E-state index < -0.39 is 0 Å². The Hall–Kier alpha value is -0.770. The van der Waals surface area contributed by atoms with E-state index in [2.05, 4.69) is 5.32 Å². The van der Waals surface area contributed by atoms with Crippen molar-refractivity contribution in [3.8, 4) is 0 Å². The third-order valence-corrected chi connectivity index (χ3v) is 2.54. The summed E-state index contributed by atoms with van der Waals surface area (Å²) >= 11 is 0. The van der Waals surface area contributed by atoms with Crippen molar-refractivity contribution in [1.82, 2.24) is 5.32 Å². The Labute approximate surface area is 77.6 Å². The Morgan fingerprint density at radius 2 is 2.00 bits per heavy atom. The molecule has 0 aromatic carbocycles. The summed E-state index contributed by atoms with van der Waals surface area (Å²) in [4.78, 5) is 11.2. The van der Waals surface area contributed by atoms with Crippen LogP contribution in [-0.2, 0) is 9.47 Å². The van der Waals surface area contributed by atoms with Crippen LogP contribution in [0.2, 0.25) is 0 Å². The molecule has 1 N–H and O–H groups in total. The van der Waals surface area contributed by atoms with Crippen LogP contribution >= 0.6 is 0 Å². The second-order valence-electron chi connectivity index (χ2n) is 3.69. The van der Waals surface area contributed by atoms with Gasteiger partial charge in [-0.2, -0.15) is 0 Å². The average molecular weight is 185 g/mol. The second kappa shape index (κ2) is 3.96. The molecule has 74 valence electrons. The van der Waals surface area contributed by atoms with Gasteiger partial charge in [-0.1, -0.05) is 0 Å². The molecule has 0 bridgehead atoms. The predicted octanol–water partition coefficient (Wildman–Crippen LogP) is 1.05. The lowest BCUT2D eigenvalue weighted by Gasteiger charge is -2.26. The third kappa shape index (κ3) is 2.34. The molecule has 2 fully saturated rings. The number of hydrogen-bond donors (Lipinski definition) is 1. The fourth-order valence-electron chi connectivity index (χ4n) is 1.68. The van der Waals surface area contributed by atoms with Gasteiger partial charge in [0, 0.05) is 0 Å². The molecule has 4 heteroatoms. The van der Waals surface area contributed by atoms with Crippen molar-refractivity contribution in [1.29, 1.82) is 0 Å². The lowest BCUT2D eigenvalue weighted by Crippen LogP contribution is -2.49. The first-order valence-electron chi connectivity index (χ1n) is 4.89. The van der Waals surface area contributed by atoms with E-state index in [0.29, 0.717) is 13.2 Å². The summed E-state index contributed by atoms with van der Waals surface area (Å²) in [6.07, 6.45) is 4.29. The number of nitrogens with one attached hydrogen (secondary N) is 1. The molecule has 1 saturated heterocycles. The van der Waals surface area contributed by atoms with Gasteiger partial charge in [-0.15, -0.1) is 0 Å². The fraction of sp³-hybridized carbons (Fsp3) is 0.889. The smallest absolute Gasteiger partial charge is 0.407 e. The van der Waals surface area contributed by atoms with Crippen molar-refractivity contribution in [2.24, 2.45) is 0 Å². The standard InChI is InChI=1S/C9H15NO3/c11-9(10-7-5-12-6-7)13-8-3-1-2-4-8/h7-8H,1-6H2,(H,10,11). The van der Waals surface area contributed by atoms with Crippen LogP contribution < -0.4 is 5.32 Å². The van der Waals surface area contributed by atoms with Crippen LogP contribution in [0.5, 0.6) is 0 Å². The van der Waals surface area contributed by atoms with Crippen molar-refractivity contribution in [2.45, 2.75) is 37.8 Å². The first-order chi connectivity index (χ1) is 6.34. The quantitative estimate of drug-likeness (QED) is 0.699. The molecule has 13 heavy (non-hydrogen) atoms. The highest BCUT2D eigenvalue weighted by Crippen LogP contribution is 2.20. The number of alkyl carbamates (subject to hydrolysis) is 1. The summed E-state index contributed by atoms with van der Waals surface area (Å²) in [6.45, 7) is 1.25. The largest absolute Gasteiger partial charge is 0.446 e. The number of carbonyl (C=O) groups is 1. The Morgan fingerprint density at radius 1 is 1.31 bits per heavy atom. The van der Waals surface area contributed by atoms with Gasteiger partial charge in [0.05, 0.1) is 19.3 Å². The molecule has 4 nitrogen and oxygen atoms in total. The summed E-state index contributed by atoms with van der Waals surface area (Å²) < 4.78 is 10.1. The number of carbonyl (C=O) groups excluding carboxylic acids is 1. The molecule has 0 aromatic rings. The summed E-state index contributed by atoms with van der Waals surface area (Å²) in [5.41, 5.74) is 0. The highest BCUT2D eigenvalue weighted by Gasteiger charge is 2.24. The van der Waals surface area contributed by atoms with Crippen LogP contribution in [0.15, 0.2) is 0 Å². The van der Waals surface area contributed by atoms with Gasteiger partial charge < -0.3 is 14.8 Å². The molecule has 1 aliphatic carbocycles. The topological polar surface area (TPSA) is 47.6 Å². The zero-order valence-corrected chi connectivity index (χ0v) is 7.62. The van der Waals surface area contributed by atoms with Crippen molar-refractivity contribution in [3.63, 3.8) is 0 Å². The average Bonchev–Trinajstić information content (AvgIpc) is 2.49. The molecule has 1 aliphatic heterocycles. The first kappa shape index (κ1) is 8.81. The number of rotatable bonds is 2. The molecule has 1 amide bonds. The van der Waals surface area contributed by atoms with E-state index in [1.165, 1.54) is 12.8 Å². The minimum atomic E-state index is -0.278. The van der Waals surface area contributed by atoms with Crippen molar-refractivity contribution in [3.05, 3.63) is 0 Å². The van der Waals surface area contributed by atoms with E-state index in [4.69, 9.17) is 9.47 Å².